The fourth-order valence-electron chi connectivity index (χ4n) is 3.07. The third-order valence-corrected chi connectivity index (χ3v) is 4.45. The molecule has 0 aliphatic carbocycles. The van der Waals surface area contributed by atoms with Gasteiger partial charge in [-0.25, -0.2) is 18.7 Å². The molecule has 9 heteroatoms. The summed E-state index contributed by atoms with van der Waals surface area (Å²) in [5.74, 6) is -1.67. The summed E-state index contributed by atoms with van der Waals surface area (Å²) in [6, 6.07) is 3.48. The number of amides is 1. The summed E-state index contributed by atoms with van der Waals surface area (Å²) in [4.78, 5) is 23.2. The Morgan fingerprint density at radius 1 is 1.19 bits per heavy atom. The number of rotatable bonds is 3. The lowest BCUT2D eigenvalue weighted by atomic mass is 10.2. The first-order valence-electron chi connectivity index (χ1n) is 8.43. The third kappa shape index (κ3) is 3.21. The van der Waals surface area contributed by atoms with Crippen LogP contribution in [-0.4, -0.2) is 51.6 Å². The van der Waals surface area contributed by atoms with Gasteiger partial charge in [0.1, 0.15) is 5.52 Å². The van der Waals surface area contributed by atoms with Crippen LogP contribution in [-0.2, 0) is 11.8 Å². The summed E-state index contributed by atoms with van der Waals surface area (Å²) in [5.41, 5.74) is 1.86. The molecule has 1 saturated heterocycles. The molecule has 0 bridgehead atoms. The number of hydrogen-bond donors (Lipinski definition) is 1. The number of ether oxygens (including phenoxy) is 1. The van der Waals surface area contributed by atoms with E-state index in [4.69, 9.17) is 4.74 Å². The number of morpholine rings is 1. The summed E-state index contributed by atoms with van der Waals surface area (Å²) < 4.78 is 33.6. The van der Waals surface area contributed by atoms with Gasteiger partial charge in [-0.05, 0) is 12.1 Å². The van der Waals surface area contributed by atoms with Gasteiger partial charge in [-0.3, -0.25) is 4.79 Å². The molecule has 27 heavy (non-hydrogen) atoms. The predicted molar refractivity (Wildman–Crippen MR) is 94.9 cm³/mol. The number of carbonyl (C=O) groups is 1. The van der Waals surface area contributed by atoms with Gasteiger partial charge in [0.05, 0.1) is 30.6 Å². The second-order valence-electron chi connectivity index (χ2n) is 6.23. The summed E-state index contributed by atoms with van der Waals surface area (Å²) in [5, 5.41) is 2.94. The lowest BCUT2D eigenvalue weighted by molar-refractivity contribution is 0.0303. The Kier molecular flexibility index (Phi) is 4.44. The Morgan fingerprint density at radius 3 is 2.70 bits per heavy atom. The first-order valence-corrected chi connectivity index (χ1v) is 8.43. The predicted octanol–water partition coefficient (Wildman–Crippen LogP) is 2.46. The number of pyridine rings is 1. The van der Waals surface area contributed by atoms with E-state index in [1.807, 2.05) is 0 Å². The van der Waals surface area contributed by atoms with E-state index in [2.05, 4.69) is 15.3 Å². The van der Waals surface area contributed by atoms with E-state index in [9.17, 15) is 13.6 Å². The van der Waals surface area contributed by atoms with Crippen LogP contribution in [0, 0.1) is 11.6 Å². The number of imidazole rings is 1. The van der Waals surface area contributed by atoms with E-state index < -0.39 is 11.6 Å². The first kappa shape index (κ1) is 17.3. The van der Waals surface area contributed by atoms with Crippen molar-refractivity contribution in [3.05, 3.63) is 47.9 Å². The minimum absolute atomic E-state index is 0.140. The Labute approximate surface area is 153 Å². The number of benzene rings is 1. The number of nitrogens with one attached hydrogen (secondary N) is 1. The molecule has 4 rings (SSSR count). The van der Waals surface area contributed by atoms with Gasteiger partial charge in [0.25, 0.3) is 5.91 Å². The Hall–Kier alpha value is -3.07. The molecule has 3 aromatic rings. The molecule has 0 saturated carbocycles. The highest BCUT2D eigenvalue weighted by Crippen LogP contribution is 2.27. The molecule has 3 heterocycles. The lowest BCUT2D eigenvalue weighted by Crippen LogP contribution is -2.40. The van der Waals surface area contributed by atoms with Crippen molar-refractivity contribution < 1.29 is 18.3 Å². The number of carbonyl (C=O) groups excluding carboxylic acids is 1. The second-order valence-corrected chi connectivity index (χ2v) is 6.23. The molecule has 1 N–H and O–H groups in total. The van der Waals surface area contributed by atoms with E-state index in [0.717, 1.165) is 12.1 Å². The van der Waals surface area contributed by atoms with Crippen LogP contribution < -0.4 is 5.32 Å². The van der Waals surface area contributed by atoms with Crippen molar-refractivity contribution in [1.82, 2.24) is 19.4 Å². The number of aromatic nitrogens is 3. The van der Waals surface area contributed by atoms with Gasteiger partial charge in [0.15, 0.2) is 17.5 Å². The van der Waals surface area contributed by atoms with E-state index >= 15 is 0 Å². The Bertz CT molecular complexity index is 1010. The number of aryl methyl sites for hydroxylation is 1. The van der Waals surface area contributed by atoms with Crippen LogP contribution in [0.4, 0.5) is 20.3 Å². The number of fused-ring (bicyclic) bond motifs is 1. The lowest BCUT2D eigenvalue weighted by Gasteiger charge is -2.27. The number of nitrogens with zero attached hydrogens (tertiary/aromatic N) is 4. The van der Waals surface area contributed by atoms with Crippen molar-refractivity contribution in [2.24, 2.45) is 7.05 Å². The molecule has 1 aromatic carbocycles. The number of halogens is 2. The van der Waals surface area contributed by atoms with Crippen LogP contribution in [0.5, 0.6) is 0 Å². The highest BCUT2D eigenvalue weighted by Gasteiger charge is 2.24. The van der Waals surface area contributed by atoms with Crippen LogP contribution in [0.1, 0.15) is 10.4 Å². The van der Waals surface area contributed by atoms with E-state index in [-0.39, 0.29) is 5.91 Å². The van der Waals surface area contributed by atoms with Crippen molar-refractivity contribution in [1.29, 1.82) is 0 Å². The molecule has 2 aromatic heterocycles. The Balaban J connectivity index is 1.72. The maximum Gasteiger partial charge on any atom is 0.257 e. The van der Waals surface area contributed by atoms with Crippen molar-refractivity contribution in [3.63, 3.8) is 0 Å². The van der Waals surface area contributed by atoms with Crippen LogP contribution >= 0.6 is 0 Å². The largest absolute Gasteiger partial charge is 0.378 e. The Morgan fingerprint density at radius 2 is 1.96 bits per heavy atom. The zero-order valence-corrected chi connectivity index (χ0v) is 14.6. The average molecular weight is 373 g/mol. The number of hydrogen-bond acceptors (Lipinski definition) is 5. The average Bonchev–Trinajstić information content (AvgIpc) is 3.08. The van der Waals surface area contributed by atoms with Gasteiger partial charge < -0.3 is 19.5 Å². The molecule has 1 fully saturated rings. The second kappa shape index (κ2) is 6.92. The van der Waals surface area contributed by atoms with Gasteiger partial charge in [0.2, 0.25) is 0 Å². The summed E-state index contributed by atoms with van der Waals surface area (Å²) >= 11 is 0. The summed E-state index contributed by atoms with van der Waals surface area (Å²) in [7, 11) is 1.78. The molecular formula is C18H17F2N5O2. The molecule has 0 radical (unpaired) electrons. The third-order valence-electron chi connectivity index (χ3n) is 4.45. The molecule has 1 amide bonds. The van der Waals surface area contributed by atoms with Crippen LogP contribution in [0.25, 0.3) is 11.0 Å². The monoisotopic (exact) mass is 373 g/mol. The topological polar surface area (TPSA) is 72.3 Å². The van der Waals surface area contributed by atoms with Gasteiger partial charge >= 0.3 is 0 Å². The maximum atomic E-state index is 13.5. The smallest absolute Gasteiger partial charge is 0.257 e. The van der Waals surface area contributed by atoms with Gasteiger partial charge in [0, 0.05) is 38.1 Å². The van der Waals surface area contributed by atoms with Gasteiger partial charge in [-0.15, -0.1) is 0 Å². The number of anilines is 2. The normalized spacial score (nSPS) is 14.6. The molecule has 0 spiro atoms. The SMILES string of the molecule is Cn1cnc2c(Nc3ccc(F)c(F)c3)ncc(C(=O)N3CCOCC3)c21. The minimum Gasteiger partial charge on any atom is -0.378 e. The van der Waals surface area contributed by atoms with Crippen LogP contribution in [0.3, 0.4) is 0 Å². The van der Waals surface area contributed by atoms with E-state index in [1.165, 1.54) is 12.3 Å². The standard InChI is InChI=1S/C18H17F2N5O2/c1-24-10-22-15-16(24)12(18(26)25-4-6-27-7-5-25)9-21-17(15)23-11-2-3-13(19)14(20)8-11/h2-3,8-10H,4-7H2,1H3,(H,21,23). The van der Waals surface area contributed by atoms with Crippen LogP contribution in [0.2, 0.25) is 0 Å². The molecule has 0 atom stereocenters. The molecular weight excluding hydrogens is 356 g/mol. The quantitative estimate of drug-likeness (QED) is 0.764. The van der Waals surface area contributed by atoms with E-state index in [0.29, 0.717) is 54.4 Å². The van der Waals surface area contributed by atoms with Gasteiger partial charge in [-0.1, -0.05) is 0 Å². The molecule has 1 aliphatic rings. The zero-order valence-electron chi connectivity index (χ0n) is 14.6. The van der Waals surface area contributed by atoms with Crippen molar-refractivity contribution in [2.45, 2.75) is 0 Å². The molecule has 0 unspecified atom stereocenters. The zero-order chi connectivity index (χ0) is 19.0. The van der Waals surface area contributed by atoms with Crippen molar-refractivity contribution >= 4 is 28.4 Å². The highest BCUT2D eigenvalue weighted by atomic mass is 19.2. The fraction of sp³-hybridized carbons (Fsp3) is 0.278. The molecule has 1 aliphatic heterocycles. The first-order chi connectivity index (χ1) is 13.0. The van der Waals surface area contributed by atoms with Crippen molar-refractivity contribution in [2.75, 3.05) is 31.6 Å². The molecule has 140 valence electrons. The summed E-state index contributed by atoms with van der Waals surface area (Å²) in [6.07, 6.45) is 3.06. The van der Waals surface area contributed by atoms with Crippen LogP contribution in [0.15, 0.2) is 30.7 Å². The van der Waals surface area contributed by atoms with E-state index in [1.54, 1.807) is 22.8 Å². The summed E-state index contributed by atoms with van der Waals surface area (Å²) in [6.45, 7) is 2.05. The highest BCUT2D eigenvalue weighted by molar-refractivity contribution is 6.07. The van der Waals surface area contributed by atoms with Crippen molar-refractivity contribution in [3.8, 4) is 0 Å². The molecule has 7 nitrogen and oxygen atoms in total. The maximum absolute atomic E-state index is 13.5. The van der Waals surface area contributed by atoms with Gasteiger partial charge in [-0.2, -0.15) is 0 Å². The fourth-order valence-corrected chi connectivity index (χ4v) is 3.07. The minimum atomic E-state index is -0.962.